The summed E-state index contributed by atoms with van der Waals surface area (Å²) in [7, 11) is 0. The highest BCUT2D eigenvalue weighted by molar-refractivity contribution is 5.91. The Balaban J connectivity index is 0.00000200. The number of nitrogens with zero attached hydrogens (tertiary/aromatic N) is 2. The van der Waals surface area contributed by atoms with Crippen LogP contribution in [-0.2, 0) is 17.8 Å². The van der Waals surface area contributed by atoms with Gasteiger partial charge in [0.25, 0.3) is 0 Å². The van der Waals surface area contributed by atoms with E-state index < -0.39 is 5.97 Å². The highest BCUT2D eigenvalue weighted by atomic mass is 35.5. The monoisotopic (exact) mass is 301 g/mol. The number of esters is 1. The summed E-state index contributed by atoms with van der Waals surface area (Å²) in [6, 6.07) is 1.81. The summed E-state index contributed by atoms with van der Waals surface area (Å²) in [5.74, 6) is 0.368. The number of rotatable bonds is 6. The van der Waals surface area contributed by atoms with Crippen LogP contribution in [0.3, 0.4) is 0 Å². The molecule has 0 saturated heterocycles. The number of H-pyrrole nitrogens is 1. The number of ether oxygens (including phenoxy) is 2. The van der Waals surface area contributed by atoms with Gasteiger partial charge in [-0.3, -0.25) is 0 Å². The van der Waals surface area contributed by atoms with Gasteiger partial charge in [-0.15, -0.1) is 12.4 Å². The molecule has 2 rings (SSSR count). The van der Waals surface area contributed by atoms with Gasteiger partial charge in [-0.2, -0.15) is 5.10 Å². The van der Waals surface area contributed by atoms with Gasteiger partial charge in [-0.25, -0.2) is 9.89 Å². The van der Waals surface area contributed by atoms with Gasteiger partial charge in [0.1, 0.15) is 5.56 Å². The second kappa shape index (κ2) is 7.54. The van der Waals surface area contributed by atoms with E-state index in [4.69, 9.17) is 14.0 Å². The molecular weight excluding hydrogens is 286 g/mol. The number of hydrogen-bond donors (Lipinski definition) is 1. The fourth-order valence-electron chi connectivity index (χ4n) is 1.47. The van der Waals surface area contributed by atoms with E-state index >= 15 is 0 Å². The van der Waals surface area contributed by atoms with E-state index in [2.05, 4.69) is 15.4 Å². The van der Waals surface area contributed by atoms with Crippen molar-refractivity contribution in [2.24, 2.45) is 0 Å². The van der Waals surface area contributed by atoms with Crippen LogP contribution in [0, 0.1) is 0 Å². The first kappa shape index (κ1) is 16.0. The van der Waals surface area contributed by atoms with Crippen molar-refractivity contribution in [3.8, 4) is 5.88 Å². The van der Waals surface area contributed by atoms with Crippen LogP contribution in [0.25, 0.3) is 0 Å². The molecule has 0 aliphatic heterocycles. The van der Waals surface area contributed by atoms with Crippen molar-refractivity contribution in [2.45, 2.75) is 26.9 Å². The van der Waals surface area contributed by atoms with Crippen LogP contribution >= 0.6 is 12.4 Å². The van der Waals surface area contributed by atoms with Crippen molar-refractivity contribution in [1.29, 1.82) is 0 Å². The normalized spacial score (nSPS) is 9.90. The summed E-state index contributed by atoms with van der Waals surface area (Å²) in [6.45, 7) is 4.18. The Hall–Kier alpha value is -2.02. The van der Waals surface area contributed by atoms with E-state index in [1.54, 1.807) is 13.0 Å². The molecule has 0 fully saturated rings. The Morgan fingerprint density at radius 3 is 2.90 bits per heavy atom. The molecule has 110 valence electrons. The fourth-order valence-corrected chi connectivity index (χ4v) is 1.47. The number of aromatic amines is 1. The Kier molecular flexibility index (Phi) is 6.05. The summed E-state index contributed by atoms with van der Waals surface area (Å²) in [5.41, 5.74) is 1.12. The molecule has 2 aromatic rings. The third-order valence-corrected chi connectivity index (χ3v) is 2.43. The highest BCUT2D eigenvalue weighted by Crippen LogP contribution is 2.17. The fraction of sp³-hybridized carbons (Fsp3) is 0.417. The van der Waals surface area contributed by atoms with Gasteiger partial charge < -0.3 is 14.0 Å². The van der Waals surface area contributed by atoms with Crippen molar-refractivity contribution in [1.82, 2.24) is 15.4 Å². The third-order valence-electron chi connectivity index (χ3n) is 2.43. The Labute approximate surface area is 122 Å². The molecule has 0 radical (unpaired) electrons. The first-order chi connectivity index (χ1) is 9.24. The first-order valence-electron chi connectivity index (χ1n) is 6.02. The van der Waals surface area contributed by atoms with Gasteiger partial charge in [0.05, 0.1) is 18.5 Å². The molecule has 0 unspecified atom stereocenters. The van der Waals surface area contributed by atoms with Crippen LogP contribution in [0.2, 0.25) is 0 Å². The molecule has 0 aliphatic carbocycles. The molecule has 20 heavy (non-hydrogen) atoms. The molecule has 2 heterocycles. The summed E-state index contributed by atoms with van der Waals surface area (Å²) in [4.78, 5) is 11.6. The predicted molar refractivity (Wildman–Crippen MR) is 72.0 cm³/mol. The number of aromatic nitrogens is 3. The maximum atomic E-state index is 11.6. The minimum atomic E-state index is -0.474. The lowest BCUT2D eigenvalue weighted by molar-refractivity contribution is 0.0520. The zero-order valence-electron chi connectivity index (χ0n) is 11.2. The van der Waals surface area contributed by atoms with Crippen LogP contribution in [-0.4, -0.2) is 27.9 Å². The summed E-state index contributed by atoms with van der Waals surface area (Å²) >= 11 is 0. The van der Waals surface area contributed by atoms with Crippen LogP contribution in [0.4, 0.5) is 0 Å². The van der Waals surface area contributed by atoms with Crippen LogP contribution < -0.4 is 4.74 Å². The lowest BCUT2D eigenvalue weighted by Gasteiger charge is -2.03. The van der Waals surface area contributed by atoms with E-state index in [0.717, 1.165) is 12.1 Å². The van der Waals surface area contributed by atoms with Crippen molar-refractivity contribution < 1.29 is 18.8 Å². The number of aryl methyl sites for hydroxylation is 1. The lowest BCUT2D eigenvalue weighted by Crippen LogP contribution is -2.06. The van der Waals surface area contributed by atoms with E-state index in [1.807, 2.05) is 6.92 Å². The van der Waals surface area contributed by atoms with E-state index in [-0.39, 0.29) is 30.5 Å². The molecule has 0 amide bonds. The first-order valence-corrected chi connectivity index (χ1v) is 6.02. The molecule has 0 bridgehead atoms. The van der Waals surface area contributed by atoms with Crippen molar-refractivity contribution >= 4 is 18.4 Å². The van der Waals surface area contributed by atoms with Gasteiger partial charge in [0, 0.05) is 6.07 Å². The molecule has 2 aromatic heterocycles. The van der Waals surface area contributed by atoms with E-state index in [0.29, 0.717) is 12.4 Å². The third kappa shape index (κ3) is 3.74. The summed E-state index contributed by atoms with van der Waals surface area (Å²) in [6.07, 6.45) is 2.16. The van der Waals surface area contributed by atoms with Crippen molar-refractivity contribution in [3.05, 3.63) is 29.3 Å². The maximum Gasteiger partial charge on any atom is 0.345 e. The second-order valence-corrected chi connectivity index (χ2v) is 3.76. The van der Waals surface area contributed by atoms with Crippen molar-refractivity contribution in [3.63, 3.8) is 0 Å². The molecule has 0 atom stereocenters. The summed E-state index contributed by atoms with van der Waals surface area (Å²) < 4.78 is 15.4. The number of halogens is 1. The molecule has 0 saturated carbocycles. The zero-order valence-corrected chi connectivity index (χ0v) is 12.0. The largest absolute Gasteiger partial charge is 0.469 e. The molecule has 0 aromatic carbocycles. The number of carbonyl (C=O) groups is 1. The van der Waals surface area contributed by atoms with E-state index in [9.17, 15) is 4.79 Å². The lowest BCUT2D eigenvalue weighted by atomic mass is 10.3. The van der Waals surface area contributed by atoms with Crippen LogP contribution in [0.5, 0.6) is 5.88 Å². The predicted octanol–water partition coefficient (Wildman–Crippen LogP) is 2.14. The molecule has 1 N–H and O–H groups in total. The van der Waals surface area contributed by atoms with Gasteiger partial charge in [0.2, 0.25) is 5.88 Å². The molecule has 7 nitrogen and oxygen atoms in total. The Morgan fingerprint density at radius 1 is 1.45 bits per heavy atom. The maximum absolute atomic E-state index is 11.6. The van der Waals surface area contributed by atoms with Crippen LogP contribution in [0.1, 0.15) is 35.7 Å². The van der Waals surface area contributed by atoms with Crippen molar-refractivity contribution in [2.75, 3.05) is 6.61 Å². The molecule has 0 aliphatic rings. The molecule has 8 heteroatoms. The summed E-state index contributed by atoms with van der Waals surface area (Å²) in [5, 5.41) is 10.2. The topological polar surface area (TPSA) is 90.2 Å². The molecular formula is C12H16ClN3O4. The smallest absolute Gasteiger partial charge is 0.345 e. The van der Waals surface area contributed by atoms with Gasteiger partial charge in [0.15, 0.2) is 12.4 Å². The Bertz CT molecular complexity index is 552. The Morgan fingerprint density at radius 2 is 2.25 bits per heavy atom. The van der Waals surface area contributed by atoms with Crippen LogP contribution in [0.15, 0.2) is 16.8 Å². The average Bonchev–Trinajstić information content (AvgIpc) is 3.05. The molecule has 0 spiro atoms. The average molecular weight is 302 g/mol. The quantitative estimate of drug-likeness (QED) is 0.822. The number of carbonyl (C=O) groups excluding carboxylic acids is 1. The SMILES string of the molecule is CCOC(=O)c1cn[nH]c1OCc1cc(CC)no1.Cl. The number of hydrogen-bond acceptors (Lipinski definition) is 6. The minimum Gasteiger partial charge on any atom is -0.469 e. The van der Waals surface area contributed by atoms with Gasteiger partial charge in [-0.05, 0) is 13.3 Å². The number of nitrogens with one attached hydrogen (secondary N) is 1. The minimum absolute atomic E-state index is 0. The standard InChI is InChI=1S/C12H15N3O4.ClH/c1-3-8-5-9(19-15-8)7-18-11-10(6-13-14-11)12(16)17-4-2;/h5-6H,3-4,7H2,1-2H3,(H,13,14);1H. The van der Waals surface area contributed by atoms with E-state index in [1.165, 1.54) is 6.20 Å². The van der Waals surface area contributed by atoms with Gasteiger partial charge in [-0.1, -0.05) is 12.1 Å². The zero-order chi connectivity index (χ0) is 13.7. The highest BCUT2D eigenvalue weighted by Gasteiger charge is 2.16. The second-order valence-electron chi connectivity index (χ2n) is 3.76. The van der Waals surface area contributed by atoms with Gasteiger partial charge >= 0.3 is 5.97 Å².